The van der Waals surface area contributed by atoms with Crippen LogP contribution < -0.4 is 5.32 Å². The number of carbonyl (C=O) groups is 1. The van der Waals surface area contributed by atoms with Crippen LogP contribution in [0, 0.1) is 18.8 Å². The molecule has 1 aliphatic heterocycles. The Morgan fingerprint density at radius 2 is 2.20 bits per heavy atom. The molecule has 1 saturated heterocycles. The van der Waals surface area contributed by atoms with E-state index in [2.05, 4.69) is 41.4 Å². The van der Waals surface area contributed by atoms with Crippen molar-refractivity contribution in [3.8, 4) is 0 Å². The largest absolute Gasteiger partial charge is 0.342 e. The van der Waals surface area contributed by atoms with Gasteiger partial charge in [0.15, 0.2) is 0 Å². The monoisotopic (exact) mass is 272 g/mol. The van der Waals surface area contributed by atoms with E-state index in [1.165, 1.54) is 11.1 Å². The molecule has 1 aromatic carbocycles. The number of benzene rings is 1. The fourth-order valence-electron chi connectivity index (χ4n) is 3.54. The number of aryl methyl sites for hydroxylation is 1. The van der Waals surface area contributed by atoms with Gasteiger partial charge in [0, 0.05) is 19.0 Å². The number of carbonyl (C=O) groups excluding carboxylic acids is 1. The minimum absolute atomic E-state index is 0.240. The summed E-state index contributed by atoms with van der Waals surface area (Å²) in [5.74, 6) is 1.73. The van der Waals surface area contributed by atoms with Crippen LogP contribution >= 0.6 is 0 Å². The highest BCUT2D eigenvalue weighted by Crippen LogP contribution is 2.49. The van der Waals surface area contributed by atoms with Gasteiger partial charge in [0.05, 0.1) is 0 Å². The Labute approximate surface area is 121 Å². The normalized spacial score (nSPS) is 28.7. The van der Waals surface area contributed by atoms with E-state index in [1.54, 1.807) is 0 Å². The fraction of sp³-hybridized carbons (Fsp3) is 0.588. The van der Waals surface area contributed by atoms with E-state index in [0.717, 1.165) is 32.5 Å². The lowest BCUT2D eigenvalue weighted by Crippen LogP contribution is -2.31. The molecule has 3 atom stereocenters. The number of amides is 1. The molecule has 0 bridgehead atoms. The van der Waals surface area contributed by atoms with Crippen molar-refractivity contribution in [1.29, 1.82) is 0 Å². The molecule has 3 rings (SSSR count). The number of hydrogen-bond donors (Lipinski definition) is 1. The Hall–Kier alpha value is -1.35. The van der Waals surface area contributed by atoms with Crippen LogP contribution in [-0.4, -0.2) is 37.5 Å². The summed E-state index contributed by atoms with van der Waals surface area (Å²) >= 11 is 0. The summed E-state index contributed by atoms with van der Waals surface area (Å²) in [5.41, 5.74) is 2.69. The minimum atomic E-state index is 0.240. The quantitative estimate of drug-likeness (QED) is 0.911. The number of likely N-dealkylation sites (tertiary alicyclic amines) is 1. The first-order valence-electron chi connectivity index (χ1n) is 7.69. The van der Waals surface area contributed by atoms with Gasteiger partial charge in [-0.2, -0.15) is 0 Å². The molecule has 3 nitrogen and oxygen atoms in total. The van der Waals surface area contributed by atoms with E-state index in [9.17, 15) is 4.79 Å². The van der Waals surface area contributed by atoms with Gasteiger partial charge < -0.3 is 10.2 Å². The van der Waals surface area contributed by atoms with Gasteiger partial charge in [0.2, 0.25) is 5.91 Å². The highest BCUT2D eigenvalue weighted by molar-refractivity contribution is 5.83. The van der Waals surface area contributed by atoms with Crippen LogP contribution in [0.15, 0.2) is 24.3 Å². The Bertz CT molecular complexity index is 500. The number of hydrogen-bond acceptors (Lipinski definition) is 2. The molecule has 1 N–H and O–H groups in total. The second-order valence-electron chi connectivity index (χ2n) is 6.30. The standard InChI is InChI=1S/C17H24N2O/c1-12-5-3-4-6-14(12)15-9-16(15)17(20)19-8-7-13(11-19)10-18-2/h3-6,13,15-16,18H,7-11H2,1-2H3/t13-,15+,16+/m0/s1. The number of nitrogens with one attached hydrogen (secondary N) is 1. The van der Waals surface area contributed by atoms with Crippen LogP contribution in [0.3, 0.4) is 0 Å². The van der Waals surface area contributed by atoms with Crippen molar-refractivity contribution < 1.29 is 4.79 Å². The molecule has 1 saturated carbocycles. The molecule has 3 heteroatoms. The molecular formula is C17H24N2O. The van der Waals surface area contributed by atoms with Crippen LogP contribution in [0.1, 0.15) is 29.9 Å². The molecule has 2 fully saturated rings. The van der Waals surface area contributed by atoms with Crippen LogP contribution in [-0.2, 0) is 4.79 Å². The van der Waals surface area contributed by atoms with Gasteiger partial charge in [-0.3, -0.25) is 4.79 Å². The summed E-state index contributed by atoms with van der Waals surface area (Å²) in [5, 5.41) is 3.22. The maximum Gasteiger partial charge on any atom is 0.226 e. The lowest BCUT2D eigenvalue weighted by molar-refractivity contribution is -0.131. The fourth-order valence-corrected chi connectivity index (χ4v) is 3.54. The molecule has 1 aliphatic carbocycles. The highest BCUT2D eigenvalue weighted by Gasteiger charge is 2.47. The summed E-state index contributed by atoms with van der Waals surface area (Å²) in [6.45, 7) is 5.06. The second kappa shape index (κ2) is 5.57. The summed E-state index contributed by atoms with van der Waals surface area (Å²) in [6.07, 6.45) is 2.19. The third-order valence-electron chi connectivity index (χ3n) is 4.79. The van der Waals surface area contributed by atoms with Crippen molar-refractivity contribution >= 4 is 5.91 Å². The van der Waals surface area contributed by atoms with Gasteiger partial charge in [-0.15, -0.1) is 0 Å². The molecule has 1 aromatic rings. The highest BCUT2D eigenvalue weighted by atomic mass is 16.2. The number of nitrogens with zero attached hydrogens (tertiary/aromatic N) is 1. The predicted octanol–water partition coefficient (Wildman–Crippen LogP) is 2.17. The Morgan fingerprint density at radius 1 is 1.40 bits per heavy atom. The van der Waals surface area contributed by atoms with E-state index >= 15 is 0 Å². The van der Waals surface area contributed by atoms with Crippen molar-refractivity contribution in [2.45, 2.75) is 25.7 Å². The van der Waals surface area contributed by atoms with E-state index in [-0.39, 0.29) is 5.92 Å². The van der Waals surface area contributed by atoms with Crippen molar-refractivity contribution in [2.24, 2.45) is 11.8 Å². The maximum atomic E-state index is 12.6. The Morgan fingerprint density at radius 3 is 2.95 bits per heavy atom. The maximum absolute atomic E-state index is 12.6. The third-order valence-corrected chi connectivity index (χ3v) is 4.79. The molecule has 0 spiro atoms. The topological polar surface area (TPSA) is 32.3 Å². The summed E-state index contributed by atoms with van der Waals surface area (Å²) in [4.78, 5) is 14.6. The first-order chi connectivity index (χ1) is 9.70. The minimum Gasteiger partial charge on any atom is -0.342 e. The lowest BCUT2D eigenvalue weighted by Gasteiger charge is -2.17. The summed E-state index contributed by atoms with van der Waals surface area (Å²) < 4.78 is 0. The van der Waals surface area contributed by atoms with Crippen molar-refractivity contribution in [1.82, 2.24) is 10.2 Å². The average Bonchev–Trinajstić information content (AvgIpc) is 3.10. The molecular weight excluding hydrogens is 248 g/mol. The predicted molar refractivity (Wildman–Crippen MR) is 80.6 cm³/mol. The van der Waals surface area contributed by atoms with Crippen LogP contribution in [0.25, 0.3) is 0 Å². The van der Waals surface area contributed by atoms with E-state index in [0.29, 0.717) is 17.7 Å². The molecule has 2 aliphatic rings. The zero-order valence-corrected chi connectivity index (χ0v) is 12.4. The van der Waals surface area contributed by atoms with Crippen molar-refractivity contribution in [2.75, 3.05) is 26.7 Å². The molecule has 0 radical (unpaired) electrons. The SMILES string of the molecule is CNC[C@@H]1CCN(C(=O)[C@@H]2C[C@@H]2c2ccccc2C)C1. The summed E-state index contributed by atoms with van der Waals surface area (Å²) in [7, 11) is 1.99. The van der Waals surface area contributed by atoms with Crippen LogP contribution in [0.2, 0.25) is 0 Å². The van der Waals surface area contributed by atoms with Gasteiger partial charge in [-0.25, -0.2) is 0 Å². The van der Waals surface area contributed by atoms with Crippen LogP contribution in [0.5, 0.6) is 0 Å². The van der Waals surface area contributed by atoms with Gasteiger partial charge in [-0.1, -0.05) is 24.3 Å². The smallest absolute Gasteiger partial charge is 0.226 e. The summed E-state index contributed by atoms with van der Waals surface area (Å²) in [6, 6.07) is 8.48. The third kappa shape index (κ3) is 2.59. The molecule has 0 aromatic heterocycles. The number of rotatable bonds is 4. The van der Waals surface area contributed by atoms with Crippen molar-refractivity contribution in [3.05, 3.63) is 35.4 Å². The van der Waals surface area contributed by atoms with E-state index < -0.39 is 0 Å². The second-order valence-corrected chi connectivity index (χ2v) is 6.30. The average molecular weight is 272 g/mol. The molecule has 20 heavy (non-hydrogen) atoms. The van der Waals surface area contributed by atoms with Gasteiger partial charge >= 0.3 is 0 Å². The first kappa shape index (κ1) is 13.6. The molecule has 108 valence electrons. The van der Waals surface area contributed by atoms with Crippen molar-refractivity contribution in [3.63, 3.8) is 0 Å². The van der Waals surface area contributed by atoms with Gasteiger partial charge in [0.25, 0.3) is 0 Å². The molecule has 1 amide bonds. The van der Waals surface area contributed by atoms with E-state index in [1.807, 2.05) is 7.05 Å². The first-order valence-corrected chi connectivity index (χ1v) is 7.69. The van der Waals surface area contributed by atoms with Gasteiger partial charge in [0.1, 0.15) is 0 Å². The van der Waals surface area contributed by atoms with Crippen LogP contribution in [0.4, 0.5) is 0 Å². The molecule has 0 unspecified atom stereocenters. The lowest BCUT2D eigenvalue weighted by atomic mass is 10.0. The Kier molecular flexibility index (Phi) is 3.79. The Balaban J connectivity index is 1.60. The zero-order valence-electron chi connectivity index (χ0n) is 12.4. The molecule has 1 heterocycles. The van der Waals surface area contributed by atoms with E-state index in [4.69, 9.17) is 0 Å². The van der Waals surface area contributed by atoms with Gasteiger partial charge in [-0.05, 0) is 56.3 Å². The zero-order chi connectivity index (χ0) is 14.1.